The van der Waals surface area contributed by atoms with Gasteiger partial charge in [-0.15, -0.1) is 0 Å². The summed E-state index contributed by atoms with van der Waals surface area (Å²) in [6, 6.07) is 38.4. The van der Waals surface area contributed by atoms with E-state index in [1.165, 1.54) is 57.8 Å². The average molecular weight is 746 g/mol. The van der Waals surface area contributed by atoms with Crippen LogP contribution in [0.4, 0.5) is 4.79 Å². The molecule has 0 aliphatic carbocycles. The molecule has 0 aliphatic rings. The summed E-state index contributed by atoms with van der Waals surface area (Å²) in [7, 11) is 0. The molecule has 4 aromatic carbocycles. The van der Waals surface area contributed by atoms with Gasteiger partial charge in [0.05, 0.1) is 18.2 Å². The van der Waals surface area contributed by atoms with E-state index in [-0.39, 0.29) is 6.61 Å². The number of benzene rings is 4. The van der Waals surface area contributed by atoms with Crippen LogP contribution in [0.15, 0.2) is 133 Å². The molecule has 0 aromatic heterocycles. The van der Waals surface area contributed by atoms with Crippen molar-refractivity contribution in [3.63, 3.8) is 0 Å². The summed E-state index contributed by atoms with van der Waals surface area (Å²) in [5.41, 5.74) is 1.41. The van der Waals surface area contributed by atoms with Crippen LogP contribution in [-0.2, 0) is 19.8 Å². The van der Waals surface area contributed by atoms with E-state index in [2.05, 4.69) is 54.7 Å². The van der Waals surface area contributed by atoms with E-state index < -0.39 is 35.4 Å². The van der Waals surface area contributed by atoms with Crippen LogP contribution >= 0.6 is 0 Å². The zero-order chi connectivity index (χ0) is 39.2. The van der Waals surface area contributed by atoms with Gasteiger partial charge in [0, 0.05) is 0 Å². The number of unbranched alkanes of at least 4 members (excludes halogenated alkanes) is 11. The molecule has 4 rings (SSSR count). The van der Waals surface area contributed by atoms with Crippen LogP contribution in [0.25, 0.3) is 0 Å². The molecule has 6 heteroatoms. The quantitative estimate of drug-likeness (QED) is 0.0354. The van der Waals surface area contributed by atoms with Crippen molar-refractivity contribution in [2.24, 2.45) is 0 Å². The molecule has 2 atom stereocenters. The van der Waals surface area contributed by atoms with Gasteiger partial charge in [-0.2, -0.15) is 0 Å². The number of rotatable bonds is 23. The summed E-state index contributed by atoms with van der Waals surface area (Å²) in [6.45, 7) is 7.72. The molecular weight excluding hydrogens is 683 g/mol. The summed E-state index contributed by atoms with van der Waals surface area (Å²) in [4.78, 5) is 27.1. The molecule has 0 radical (unpaired) electrons. The predicted octanol–water partition coefficient (Wildman–Crippen LogP) is 12.4. The maximum Gasteiger partial charge on any atom is 0.408 e. The Bertz CT molecular complexity index is 1570. The van der Waals surface area contributed by atoms with Gasteiger partial charge in [-0.05, 0) is 68.5 Å². The first kappa shape index (κ1) is 43.1. The largest absolute Gasteiger partial charge is 0.452 e. The lowest BCUT2D eigenvalue weighted by atomic mass is 9.80. The number of carbonyl (C=O) groups is 2. The van der Waals surface area contributed by atoms with E-state index in [0.717, 1.165) is 36.0 Å². The number of hydrogen-bond acceptors (Lipinski definition) is 5. The Hall–Kier alpha value is -4.68. The van der Waals surface area contributed by atoms with Gasteiger partial charge in [0.2, 0.25) is 0 Å². The molecule has 0 saturated carbocycles. The first-order chi connectivity index (χ1) is 26.7. The lowest BCUT2D eigenvalue weighted by molar-refractivity contribution is -0.0275. The maximum atomic E-state index is 13.6. The second-order valence-corrected chi connectivity index (χ2v) is 15.3. The molecule has 0 bridgehead atoms. The second kappa shape index (κ2) is 23.3. The van der Waals surface area contributed by atoms with E-state index in [1.807, 2.05) is 87.5 Å². The summed E-state index contributed by atoms with van der Waals surface area (Å²) in [6.07, 6.45) is 17.3. The minimum absolute atomic E-state index is 0.00650. The summed E-state index contributed by atoms with van der Waals surface area (Å²) in [5.74, 6) is -0.485. The van der Waals surface area contributed by atoms with Crippen LogP contribution in [0.2, 0.25) is 0 Å². The van der Waals surface area contributed by atoms with E-state index in [0.29, 0.717) is 5.56 Å². The Morgan fingerprint density at radius 2 is 1.05 bits per heavy atom. The SMILES string of the molecule is CCCCCCCCCCCCC/C=C/[C@H](OC(=O)c1ccccc1)[C@@H](COC(c1ccccc1)(c1ccccc1)c1ccccc1)NC(=O)OC(C)(C)C. The monoisotopic (exact) mass is 745 g/mol. The maximum absolute atomic E-state index is 13.6. The van der Waals surface area contributed by atoms with Crippen LogP contribution in [0, 0.1) is 0 Å². The fraction of sp³-hybridized carbons (Fsp3) is 0.429. The van der Waals surface area contributed by atoms with Crippen molar-refractivity contribution in [1.29, 1.82) is 0 Å². The third kappa shape index (κ3) is 14.5. The molecular formula is C49H63NO5. The van der Waals surface area contributed by atoms with Crippen LogP contribution in [0.1, 0.15) is 132 Å². The van der Waals surface area contributed by atoms with Crippen molar-refractivity contribution in [2.75, 3.05) is 6.61 Å². The number of ether oxygens (including phenoxy) is 3. The van der Waals surface area contributed by atoms with E-state index >= 15 is 0 Å². The molecule has 1 N–H and O–H groups in total. The standard InChI is InChI=1S/C49H63NO5/c1-5-6-7-8-9-10-11-12-13-14-15-16-29-38-45(54-46(51)40-30-21-17-22-31-40)44(50-47(52)55-48(2,3)4)39-53-49(41-32-23-18-24-33-41,42-34-25-19-26-35-42)43-36-27-20-28-37-43/h17-38,44-45H,5-16,39H2,1-4H3,(H,50,52)/b38-29+/t44-,45+/m1/s1. The van der Waals surface area contributed by atoms with E-state index in [9.17, 15) is 9.59 Å². The van der Waals surface area contributed by atoms with Gasteiger partial charge in [0.15, 0.2) is 0 Å². The number of amides is 1. The molecule has 0 saturated heterocycles. The summed E-state index contributed by atoms with van der Waals surface area (Å²) >= 11 is 0. The fourth-order valence-corrected chi connectivity index (χ4v) is 6.84. The van der Waals surface area contributed by atoms with Crippen molar-refractivity contribution in [3.05, 3.63) is 156 Å². The van der Waals surface area contributed by atoms with Gasteiger partial charge >= 0.3 is 12.1 Å². The number of nitrogens with one attached hydrogen (secondary N) is 1. The number of allylic oxidation sites excluding steroid dienone is 1. The second-order valence-electron chi connectivity index (χ2n) is 15.3. The highest BCUT2D eigenvalue weighted by Gasteiger charge is 2.40. The fourth-order valence-electron chi connectivity index (χ4n) is 6.84. The van der Waals surface area contributed by atoms with Crippen LogP contribution in [-0.4, -0.2) is 36.4 Å². The lowest BCUT2D eigenvalue weighted by Crippen LogP contribution is -2.50. The summed E-state index contributed by atoms with van der Waals surface area (Å²) in [5, 5.41) is 3.04. The molecule has 0 heterocycles. The highest BCUT2D eigenvalue weighted by Crippen LogP contribution is 2.40. The average Bonchev–Trinajstić information content (AvgIpc) is 3.20. The summed E-state index contributed by atoms with van der Waals surface area (Å²) < 4.78 is 19.2. The van der Waals surface area contributed by atoms with Crippen LogP contribution in [0.3, 0.4) is 0 Å². The molecule has 4 aromatic rings. The van der Waals surface area contributed by atoms with E-state index in [4.69, 9.17) is 14.2 Å². The topological polar surface area (TPSA) is 73.9 Å². The lowest BCUT2D eigenvalue weighted by Gasteiger charge is -2.38. The van der Waals surface area contributed by atoms with Crippen molar-refractivity contribution < 1.29 is 23.8 Å². The Balaban J connectivity index is 1.60. The molecule has 1 amide bonds. The number of hydrogen-bond donors (Lipinski definition) is 1. The van der Waals surface area contributed by atoms with E-state index in [1.54, 1.807) is 24.3 Å². The zero-order valence-corrected chi connectivity index (χ0v) is 33.6. The molecule has 0 aliphatic heterocycles. The van der Waals surface area contributed by atoms with Crippen molar-refractivity contribution >= 4 is 12.1 Å². The highest BCUT2D eigenvalue weighted by atomic mass is 16.6. The molecule has 294 valence electrons. The number of alkyl carbamates (subject to hydrolysis) is 1. The third-order valence-electron chi connectivity index (χ3n) is 9.67. The van der Waals surface area contributed by atoms with Gasteiger partial charge in [-0.3, -0.25) is 0 Å². The Kier molecular flexibility index (Phi) is 18.2. The van der Waals surface area contributed by atoms with Crippen molar-refractivity contribution in [2.45, 2.75) is 128 Å². The van der Waals surface area contributed by atoms with Gasteiger partial charge in [-0.25, -0.2) is 9.59 Å². The van der Waals surface area contributed by atoms with Gasteiger partial charge in [-0.1, -0.05) is 186 Å². The predicted molar refractivity (Wildman–Crippen MR) is 224 cm³/mol. The molecule has 6 nitrogen and oxygen atoms in total. The minimum atomic E-state index is -1.05. The smallest absolute Gasteiger partial charge is 0.408 e. The van der Waals surface area contributed by atoms with Crippen molar-refractivity contribution in [1.82, 2.24) is 5.32 Å². The Labute approximate surface area is 330 Å². The molecule has 0 spiro atoms. The van der Waals surface area contributed by atoms with Crippen LogP contribution < -0.4 is 5.32 Å². The Morgan fingerprint density at radius 3 is 1.51 bits per heavy atom. The minimum Gasteiger partial charge on any atom is -0.452 e. The molecule has 0 fully saturated rings. The van der Waals surface area contributed by atoms with Crippen molar-refractivity contribution in [3.8, 4) is 0 Å². The molecule has 55 heavy (non-hydrogen) atoms. The van der Waals surface area contributed by atoms with Gasteiger partial charge in [0.25, 0.3) is 0 Å². The number of carbonyl (C=O) groups excluding carboxylic acids is 2. The molecule has 0 unspecified atom stereocenters. The van der Waals surface area contributed by atoms with Gasteiger partial charge < -0.3 is 19.5 Å². The third-order valence-corrected chi connectivity index (χ3v) is 9.67. The first-order valence-electron chi connectivity index (χ1n) is 20.5. The Morgan fingerprint density at radius 1 is 0.618 bits per heavy atom. The first-order valence-corrected chi connectivity index (χ1v) is 20.5. The number of esters is 1. The van der Waals surface area contributed by atoms with Crippen LogP contribution in [0.5, 0.6) is 0 Å². The highest BCUT2D eigenvalue weighted by molar-refractivity contribution is 5.89. The normalized spacial score (nSPS) is 12.9. The van der Waals surface area contributed by atoms with Gasteiger partial charge in [0.1, 0.15) is 17.3 Å². The zero-order valence-electron chi connectivity index (χ0n) is 33.6.